The lowest BCUT2D eigenvalue weighted by molar-refractivity contribution is 0.601. The molecule has 0 unspecified atom stereocenters. The van der Waals surface area contributed by atoms with Gasteiger partial charge in [0.25, 0.3) is 0 Å². The number of hydrogen-bond donors (Lipinski definition) is 0. The van der Waals surface area contributed by atoms with Gasteiger partial charge in [-0.1, -0.05) is 96.6 Å². The van der Waals surface area contributed by atoms with Crippen molar-refractivity contribution in [3.05, 3.63) is 130 Å². The van der Waals surface area contributed by atoms with E-state index in [0.717, 1.165) is 39.0 Å². The van der Waals surface area contributed by atoms with Gasteiger partial charge in [-0.3, -0.25) is 0 Å². The van der Waals surface area contributed by atoms with Crippen LogP contribution in [0.5, 0.6) is 0 Å². The van der Waals surface area contributed by atoms with Crippen LogP contribution in [-0.4, -0.2) is 8.42 Å². The van der Waals surface area contributed by atoms with Crippen LogP contribution >= 0.6 is 0 Å². The molecular weight excluding hydrogens is 400 g/mol. The van der Waals surface area contributed by atoms with Gasteiger partial charge < -0.3 is 0 Å². The smallest absolute Gasteiger partial charge is 0.204 e. The Morgan fingerprint density at radius 3 is 1.71 bits per heavy atom. The van der Waals surface area contributed by atoms with Gasteiger partial charge in [0.05, 0.1) is 15.2 Å². The molecule has 2 aliphatic carbocycles. The van der Waals surface area contributed by atoms with Crippen molar-refractivity contribution in [1.29, 1.82) is 0 Å². The molecule has 0 N–H and O–H groups in total. The second-order valence-corrected chi connectivity index (χ2v) is 10.1. The fourth-order valence-corrected chi connectivity index (χ4v) is 7.07. The molecule has 150 valence electrons. The minimum Gasteiger partial charge on any atom is -0.219 e. The molecule has 6 rings (SSSR count). The first-order valence-electron chi connectivity index (χ1n) is 10.4. The lowest BCUT2D eigenvalue weighted by atomic mass is 9.86. The van der Waals surface area contributed by atoms with Crippen LogP contribution in [0.1, 0.15) is 22.3 Å². The monoisotopic (exact) mass is 420 g/mol. The van der Waals surface area contributed by atoms with Gasteiger partial charge in [0.15, 0.2) is 0 Å². The molecule has 0 heterocycles. The Morgan fingerprint density at radius 1 is 0.613 bits per heavy atom. The van der Waals surface area contributed by atoms with Gasteiger partial charge in [0.1, 0.15) is 0 Å². The van der Waals surface area contributed by atoms with Gasteiger partial charge >= 0.3 is 0 Å². The standard InChI is InChI=1S/C28H20O2S/c1-19-15-17-21(18-16-19)31(29,30)27-26(20-9-3-2-4-10-20)28(27)24-13-7-5-11-22(24)23-12-6-8-14-25(23)28/h2-18H,1H3. The van der Waals surface area contributed by atoms with Gasteiger partial charge in [-0.2, -0.15) is 0 Å². The van der Waals surface area contributed by atoms with E-state index in [1.54, 1.807) is 12.1 Å². The number of aryl methyl sites for hydroxylation is 1. The molecule has 31 heavy (non-hydrogen) atoms. The minimum atomic E-state index is -3.68. The zero-order valence-electron chi connectivity index (χ0n) is 17.0. The summed E-state index contributed by atoms with van der Waals surface area (Å²) in [6.07, 6.45) is 0. The third-order valence-corrected chi connectivity index (χ3v) is 8.44. The SMILES string of the molecule is Cc1ccc(S(=O)(=O)C2=C(c3ccccc3)C23c2ccccc2-c2ccccc23)cc1. The van der Waals surface area contributed by atoms with Crippen LogP contribution < -0.4 is 0 Å². The van der Waals surface area contributed by atoms with Crippen LogP contribution in [0.15, 0.2) is 113 Å². The molecule has 1 spiro atoms. The summed E-state index contributed by atoms with van der Waals surface area (Å²) in [6, 6.07) is 33.5. The largest absolute Gasteiger partial charge is 0.219 e. The molecule has 0 saturated carbocycles. The van der Waals surface area contributed by atoms with Crippen LogP contribution in [0.3, 0.4) is 0 Å². The van der Waals surface area contributed by atoms with Gasteiger partial charge in [-0.25, -0.2) is 8.42 Å². The summed E-state index contributed by atoms with van der Waals surface area (Å²) in [5, 5.41) is 0. The van der Waals surface area contributed by atoms with Crippen molar-refractivity contribution in [3.63, 3.8) is 0 Å². The maximum Gasteiger partial charge on any atom is 0.204 e. The van der Waals surface area contributed by atoms with E-state index >= 15 is 0 Å². The third-order valence-electron chi connectivity index (χ3n) is 6.49. The van der Waals surface area contributed by atoms with E-state index in [1.807, 2.05) is 73.7 Å². The molecule has 0 fully saturated rings. The van der Waals surface area contributed by atoms with Crippen LogP contribution in [0.25, 0.3) is 16.7 Å². The Kier molecular flexibility index (Phi) is 3.72. The lowest BCUT2D eigenvalue weighted by Gasteiger charge is -2.18. The Labute approximate surface area is 182 Å². The number of sulfone groups is 1. The molecular formula is C28H20O2S. The molecule has 4 aromatic rings. The highest BCUT2D eigenvalue weighted by Gasteiger charge is 2.65. The van der Waals surface area contributed by atoms with Crippen LogP contribution in [-0.2, 0) is 15.3 Å². The van der Waals surface area contributed by atoms with Crippen LogP contribution in [0.4, 0.5) is 0 Å². The van der Waals surface area contributed by atoms with E-state index in [-0.39, 0.29) is 0 Å². The average molecular weight is 421 g/mol. The maximum atomic E-state index is 14.0. The molecule has 3 heteroatoms. The van der Waals surface area contributed by atoms with E-state index < -0.39 is 15.3 Å². The second kappa shape index (κ2) is 6.29. The summed E-state index contributed by atoms with van der Waals surface area (Å²) < 4.78 is 28.0. The first-order valence-corrected chi connectivity index (χ1v) is 11.9. The van der Waals surface area contributed by atoms with Crippen molar-refractivity contribution >= 4 is 15.4 Å². The molecule has 0 aromatic heterocycles. The topological polar surface area (TPSA) is 34.1 Å². The van der Waals surface area contributed by atoms with Gasteiger partial charge in [-0.05, 0) is 52.4 Å². The van der Waals surface area contributed by atoms with Gasteiger partial charge in [0, 0.05) is 0 Å². The summed E-state index contributed by atoms with van der Waals surface area (Å²) in [4.78, 5) is 0.854. The highest BCUT2D eigenvalue weighted by Crippen LogP contribution is 2.71. The molecule has 0 amide bonds. The summed E-state index contributed by atoms with van der Waals surface area (Å²) in [7, 11) is -3.68. The zero-order chi connectivity index (χ0) is 21.2. The van der Waals surface area contributed by atoms with Crippen molar-refractivity contribution in [2.75, 3.05) is 0 Å². The average Bonchev–Trinajstić information content (AvgIpc) is 3.44. The Hall–Kier alpha value is -3.43. The molecule has 2 nitrogen and oxygen atoms in total. The first-order chi connectivity index (χ1) is 15.1. The predicted octanol–water partition coefficient (Wildman–Crippen LogP) is 6.16. The molecule has 4 aromatic carbocycles. The Bertz CT molecular complexity index is 1430. The third kappa shape index (κ3) is 2.35. The summed E-state index contributed by atoms with van der Waals surface area (Å²) >= 11 is 0. The second-order valence-electron chi connectivity index (χ2n) is 8.23. The van der Waals surface area contributed by atoms with E-state index in [4.69, 9.17) is 0 Å². The zero-order valence-corrected chi connectivity index (χ0v) is 17.9. The van der Waals surface area contributed by atoms with Crippen LogP contribution in [0.2, 0.25) is 0 Å². The predicted molar refractivity (Wildman–Crippen MR) is 124 cm³/mol. The van der Waals surface area contributed by atoms with Gasteiger partial charge in [-0.15, -0.1) is 0 Å². The first kappa shape index (κ1) is 18.3. The van der Waals surface area contributed by atoms with Gasteiger partial charge in [0.2, 0.25) is 9.84 Å². The highest BCUT2D eigenvalue weighted by molar-refractivity contribution is 7.96. The fraction of sp³-hybridized carbons (Fsp3) is 0.0714. The number of allylic oxidation sites excluding steroid dienone is 2. The molecule has 0 bridgehead atoms. The molecule has 2 aliphatic rings. The molecule has 0 atom stereocenters. The number of benzene rings is 4. The number of fused-ring (bicyclic) bond motifs is 5. The molecule has 0 aliphatic heterocycles. The molecule has 0 saturated heterocycles. The highest BCUT2D eigenvalue weighted by atomic mass is 32.2. The normalized spacial score (nSPS) is 15.6. The quantitative estimate of drug-likeness (QED) is 0.398. The van der Waals surface area contributed by atoms with Crippen molar-refractivity contribution in [1.82, 2.24) is 0 Å². The fourth-order valence-electron chi connectivity index (χ4n) is 5.13. The van der Waals surface area contributed by atoms with Crippen LogP contribution in [0, 0.1) is 6.92 Å². The van der Waals surface area contributed by atoms with E-state index in [1.165, 1.54) is 0 Å². The van der Waals surface area contributed by atoms with E-state index in [0.29, 0.717) is 9.80 Å². The Balaban J connectivity index is 1.68. The van der Waals surface area contributed by atoms with Crippen molar-refractivity contribution < 1.29 is 8.42 Å². The minimum absolute atomic E-state index is 0.347. The maximum absolute atomic E-state index is 14.0. The van der Waals surface area contributed by atoms with E-state index in [2.05, 4.69) is 24.3 Å². The summed E-state index contributed by atoms with van der Waals surface area (Å²) in [5.41, 5.74) is 6.50. The summed E-state index contributed by atoms with van der Waals surface area (Å²) in [6.45, 7) is 1.97. The van der Waals surface area contributed by atoms with Crippen molar-refractivity contribution in [2.24, 2.45) is 0 Å². The number of rotatable bonds is 3. The summed E-state index contributed by atoms with van der Waals surface area (Å²) in [5.74, 6) is 0. The lowest BCUT2D eigenvalue weighted by Crippen LogP contribution is -2.16. The Morgan fingerprint density at radius 2 is 1.13 bits per heavy atom. The van der Waals surface area contributed by atoms with Crippen molar-refractivity contribution in [2.45, 2.75) is 17.2 Å². The van der Waals surface area contributed by atoms with Crippen molar-refractivity contribution in [3.8, 4) is 11.1 Å². The molecule has 0 radical (unpaired) electrons. The number of hydrogen-bond acceptors (Lipinski definition) is 2. The van der Waals surface area contributed by atoms with E-state index in [9.17, 15) is 8.42 Å².